The minimum atomic E-state index is -0.571. The van der Waals surface area contributed by atoms with Gasteiger partial charge in [0.15, 0.2) is 0 Å². The van der Waals surface area contributed by atoms with E-state index in [0.29, 0.717) is 11.4 Å². The molecule has 0 unspecified atom stereocenters. The molecule has 19 heavy (non-hydrogen) atoms. The summed E-state index contributed by atoms with van der Waals surface area (Å²) in [6.45, 7) is 3.86. The second-order valence-electron chi connectivity index (χ2n) is 4.81. The molecular weight excluding hydrogens is 244 g/mol. The Morgan fingerprint density at radius 1 is 1.42 bits per heavy atom. The number of methoxy groups -OCH3 is 1. The second kappa shape index (κ2) is 6.08. The number of carbonyl (C=O) groups excluding carboxylic acids is 1. The first kappa shape index (κ1) is 14.8. The van der Waals surface area contributed by atoms with E-state index in [1.807, 2.05) is 6.07 Å². The molecular formula is C13H20N4O2. The van der Waals surface area contributed by atoms with E-state index in [-0.39, 0.29) is 18.4 Å². The zero-order chi connectivity index (χ0) is 14.5. The summed E-state index contributed by atoms with van der Waals surface area (Å²) < 4.78 is 5.13. The number of para-hydroxylation sites is 2. The van der Waals surface area contributed by atoms with Crippen LogP contribution in [0, 0.1) is 10.8 Å². The minimum absolute atomic E-state index is 0.0325. The first-order valence-electron chi connectivity index (χ1n) is 5.89. The van der Waals surface area contributed by atoms with Crippen LogP contribution in [0.15, 0.2) is 24.3 Å². The van der Waals surface area contributed by atoms with E-state index in [1.54, 1.807) is 32.0 Å². The number of nitrogens with two attached hydrogens (primary N) is 1. The quantitative estimate of drug-likeness (QED) is 0.481. The van der Waals surface area contributed by atoms with Crippen LogP contribution in [0.5, 0.6) is 5.75 Å². The van der Waals surface area contributed by atoms with E-state index in [0.717, 1.165) is 0 Å². The zero-order valence-corrected chi connectivity index (χ0v) is 11.4. The molecule has 0 saturated heterocycles. The maximum absolute atomic E-state index is 11.8. The summed E-state index contributed by atoms with van der Waals surface area (Å²) in [5.41, 5.74) is 5.46. The molecule has 0 aliphatic carbocycles. The van der Waals surface area contributed by atoms with Crippen LogP contribution in [0.4, 0.5) is 10.5 Å². The third-order valence-electron chi connectivity index (χ3n) is 2.78. The number of anilines is 1. The molecule has 0 aliphatic heterocycles. The standard InChI is InChI=1S/C13H20N4O2/c1-13(2,11(14)15)8-16-12(18)17-9-6-4-5-7-10(9)19-3/h4-7H,8H2,1-3H3,(H3,14,15)(H2,16,17,18). The van der Waals surface area contributed by atoms with Crippen LogP contribution >= 0.6 is 0 Å². The van der Waals surface area contributed by atoms with Crippen molar-refractivity contribution in [2.45, 2.75) is 13.8 Å². The third kappa shape index (κ3) is 4.17. The van der Waals surface area contributed by atoms with E-state index in [1.165, 1.54) is 7.11 Å². The molecule has 104 valence electrons. The lowest BCUT2D eigenvalue weighted by atomic mass is 9.92. The van der Waals surface area contributed by atoms with Crippen molar-refractivity contribution in [3.05, 3.63) is 24.3 Å². The van der Waals surface area contributed by atoms with Gasteiger partial charge in [-0.3, -0.25) is 5.41 Å². The van der Waals surface area contributed by atoms with Gasteiger partial charge >= 0.3 is 6.03 Å². The van der Waals surface area contributed by atoms with Crippen molar-refractivity contribution in [1.82, 2.24) is 5.32 Å². The van der Waals surface area contributed by atoms with Gasteiger partial charge in [-0.15, -0.1) is 0 Å². The zero-order valence-electron chi connectivity index (χ0n) is 11.4. The van der Waals surface area contributed by atoms with Gasteiger partial charge in [0, 0.05) is 12.0 Å². The molecule has 6 nitrogen and oxygen atoms in total. The number of amidine groups is 1. The summed E-state index contributed by atoms with van der Waals surface area (Å²) in [6.07, 6.45) is 0. The Bertz CT molecular complexity index is 471. The Morgan fingerprint density at radius 2 is 2.05 bits per heavy atom. The number of hydrogen-bond donors (Lipinski definition) is 4. The van der Waals surface area contributed by atoms with E-state index in [9.17, 15) is 4.79 Å². The highest BCUT2D eigenvalue weighted by molar-refractivity contribution is 5.91. The number of amides is 2. The molecule has 1 aromatic carbocycles. The Kier molecular flexibility index (Phi) is 4.74. The number of carbonyl (C=O) groups is 1. The SMILES string of the molecule is COc1ccccc1NC(=O)NCC(C)(C)C(=N)N. The molecule has 2 amide bonds. The van der Waals surface area contributed by atoms with Crippen molar-refractivity contribution in [2.24, 2.45) is 11.1 Å². The summed E-state index contributed by atoms with van der Waals surface area (Å²) in [5.74, 6) is 0.619. The van der Waals surface area contributed by atoms with Crippen molar-refractivity contribution >= 4 is 17.6 Å². The van der Waals surface area contributed by atoms with Crippen LogP contribution in [0.3, 0.4) is 0 Å². The Balaban J connectivity index is 2.59. The molecule has 0 fully saturated rings. The van der Waals surface area contributed by atoms with Gasteiger partial charge in [0.25, 0.3) is 0 Å². The fraction of sp³-hybridized carbons (Fsp3) is 0.385. The molecule has 0 atom stereocenters. The Hall–Kier alpha value is -2.24. The molecule has 1 rings (SSSR count). The van der Waals surface area contributed by atoms with Gasteiger partial charge in [-0.05, 0) is 12.1 Å². The first-order valence-corrected chi connectivity index (χ1v) is 5.89. The fourth-order valence-corrected chi connectivity index (χ4v) is 1.31. The summed E-state index contributed by atoms with van der Waals surface area (Å²) in [4.78, 5) is 11.8. The van der Waals surface area contributed by atoms with Gasteiger partial charge < -0.3 is 21.1 Å². The number of rotatable bonds is 5. The number of nitrogens with one attached hydrogen (secondary N) is 3. The van der Waals surface area contributed by atoms with E-state index in [4.69, 9.17) is 15.9 Å². The highest BCUT2D eigenvalue weighted by Gasteiger charge is 2.22. The molecule has 0 spiro atoms. The van der Waals surface area contributed by atoms with E-state index < -0.39 is 5.41 Å². The molecule has 0 radical (unpaired) electrons. The molecule has 0 aliphatic rings. The number of benzene rings is 1. The number of hydrogen-bond acceptors (Lipinski definition) is 3. The Labute approximate surface area is 112 Å². The van der Waals surface area contributed by atoms with Crippen LogP contribution < -0.4 is 21.1 Å². The van der Waals surface area contributed by atoms with Gasteiger partial charge in [0.1, 0.15) is 5.75 Å². The lowest BCUT2D eigenvalue weighted by Crippen LogP contribution is -2.43. The van der Waals surface area contributed by atoms with E-state index >= 15 is 0 Å². The molecule has 1 aromatic rings. The molecule has 5 N–H and O–H groups in total. The van der Waals surface area contributed by atoms with Crippen molar-refractivity contribution in [3.8, 4) is 5.75 Å². The molecule has 6 heteroatoms. The number of ether oxygens (including phenoxy) is 1. The number of urea groups is 1. The fourth-order valence-electron chi connectivity index (χ4n) is 1.31. The highest BCUT2D eigenvalue weighted by Crippen LogP contribution is 2.22. The molecule has 0 bridgehead atoms. The van der Waals surface area contributed by atoms with Gasteiger partial charge in [-0.2, -0.15) is 0 Å². The minimum Gasteiger partial charge on any atom is -0.495 e. The predicted octanol–water partition coefficient (Wildman–Crippen LogP) is 1.78. The maximum atomic E-state index is 11.8. The van der Waals surface area contributed by atoms with Crippen molar-refractivity contribution in [3.63, 3.8) is 0 Å². The van der Waals surface area contributed by atoms with E-state index in [2.05, 4.69) is 10.6 Å². The van der Waals surface area contributed by atoms with Crippen molar-refractivity contribution in [2.75, 3.05) is 19.0 Å². The molecule has 0 aromatic heterocycles. The van der Waals surface area contributed by atoms with Crippen molar-refractivity contribution in [1.29, 1.82) is 5.41 Å². The topological polar surface area (TPSA) is 100 Å². The van der Waals surface area contributed by atoms with Gasteiger partial charge in [0.2, 0.25) is 0 Å². The van der Waals surface area contributed by atoms with Gasteiger partial charge in [-0.1, -0.05) is 26.0 Å². The predicted molar refractivity (Wildman–Crippen MR) is 75.7 cm³/mol. The van der Waals surface area contributed by atoms with Crippen molar-refractivity contribution < 1.29 is 9.53 Å². The second-order valence-corrected chi connectivity index (χ2v) is 4.81. The summed E-state index contributed by atoms with van der Waals surface area (Å²) >= 11 is 0. The van der Waals surface area contributed by atoms with Crippen LogP contribution in [-0.4, -0.2) is 25.5 Å². The summed E-state index contributed by atoms with van der Waals surface area (Å²) in [6, 6.07) is 6.76. The van der Waals surface area contributed by atoms with Crippen LogP contribution in [0.25, 0.3) is 0 Å². The van der Waals surface area contributed by atoms with Gasteiger partial charge in [0.05, 0.1) is 18.6 Å². The average Bonchev–Trinajstić information content (AvgIpc) is 2.37. The first-order chi connectivity index (χ1) is 8.86. The monoisotopic (exact) mass is 264 g/mol. The largest absolute Gasteiger partial charge is 0.495 e. The third-order valence-corrected chi connectivity index (χ3v) is 2.78. The van der Waals surface area contributed by atoms with Gasteiger partial charge in [-0.25, -0.2) is 4.79 Å². The van der Waals surface area contributed by atoms with Crippen LogP contribution in [0.2, 0.25) is 0 Å². The summed E-state index contributed by atoms with van der Waals surface area (Å²) in [5, 5.41) is 12.8. The average molecular weight is 264 g/mol. The van der Waals surface area contributed by atoms with Crippen LogP contribution in [0.1, 0.15) is 13.8 Å². The molecule has 0 saturated carbocycles. The molecule has 0 heterocycles. The lowest BCUT2D eigenvalue weighted by Gasteiger charge is -2.23. The Morgan fingerprint density at radius 3 is 2.63 bits per heavy atom. The smallest absolute Gasteiger partial charge is 0.319 e. The highest BCUT2D eigenvalue weighted by atomic mass is 16.5. The van der Waals surface area contributed by atoms with Crippen LogP contribution in [-0.2, 0) is 0 Å². The maximum Gasteiger partial charge on any atom is 0.319 e. The normalized spacial score (nSPS) is 10.7. The lowest BCUT2D eigenvalue weighted by molar-refractivity contribution is 0.249. The summed E-state index contributed by atoms with van der Waals surface area (Å²) in [7, 11) is 1.54.